The first-order valence-corrected chi connectivity index (χ1v) is 8.29. The first-order valence-electron chi connectivity index (χ1n) is 7.91. The summed E-state index contributed by atoms with van der Waals surface area (Å²) >= 11 is 6.01. The Kier molecular flexibility index (Phi) is 3.62. The van der Waals surface area contributed by atoms with Gasteiger partial charge in [0.25, 0.3) is 5.91 Å². The largest absolute Gasteiger partial charge is 0.302 e. The molecule has 122 valence electrons. The number of amides is 1. The van der Waals surface area contributed by atoms with E-state index in [1.165, 1.54) is 11.1 Å². The molecular formula is C18H17ClN3O2+. The van der Waals surface area contributed by atoms with E-state index in [-0.39, 0.29) is 12.3 Å². The minimum atomic E-state index is -0.200. The van der Waals surface area contributed by atoms with Crippen molar-refractivity contribution in [3.05, 3.63) is 57.0 Å². The number of halogens is 1. The molecule has 1 N–H and O–H groups in total. The molecule has 2 aromatic carbocycles. The highest BCUT2D eigenvalue weighted by molar-refractivity contribution is 6.30. The van der Waals surface area contributed by atoms with E-state index in [9.17, 15) is 9.70 Å². The Labute approximate surface area is 144 Å². The van der Waals surface area contributed by atoms with Gasteiger partial charge in [-0.2, -0.15) is 0 Å². The van der Waals surface area contributed by atoms with Crippen LogP contribution in [0.15, 0.2) is 30.3 Å². The number of hydrogen-bond acceptors (Lipinski definition) is 3. The molecule has 0 fully saturated rings. The van der Waals surface area contributed by atoms with Crippen molar-refractivity contribution in [1.29, 1.82) is 0 Å². The van der Waals surface area contributed by atoms with Crippen molar-refractivity contribution in [3.63, 3.8) is 0 Å². The van der Waals surface area contributed by atoms with Gasteiger partial charge in [-0.05, 0) is 64.5 Å². The van der Waals surface area contributed by atoms with Gasteiger partial charge in [-0.25, -0.2) is 0 Å². The maximum absolute atomic E-state index is 12.1. The van der Waals surface area contributed by atoms with Gasteiger partial charge in [0, 0.05) is 23.0 Å². The van der Waals surface area contributed by atoms with Crippen molar-refractivity contribution >= 4 is 23.2 Å². The van der Waals surface area contributed by atoms with Gasteiger partial charge >= 0.3 is 0 Å². The molecule has 0 atom stereocenters. The molecule has 0 spiro atoms. The summed E-state index contributed by atoms with van der Waals surface area (Å²) < 4.78 is 0. The van der Waals surface area contributed by atoms with Gasteiger partial charge in [-0.3, -0.25) is 4.79 Å². The lowest BCUT2D eigenvalue weighted by atomic mass is 9.86. The van der Waals surface area contributed by atoms with E-state index >= 15 is 0 Å². The monoisotopic (exact) mass is 342 g/mol. The molecule has 6 heteroatoms. The van der Waals surface area contributed by atoms with Crippen LogP contribution in [0, 0.1) is 4.91 Å². The topological polar surface area (TPSA) is 54.6 Å². The van der Waals surface area contributed by atoms with Gasteiger partial charge in [0.1, 0.15) is 11.0 Å². The van der Waals surface area contributed by atoms with E-state index in [0.717, 1.165) is 41.2 Å². The molecule has 0 aliphatic carbocycles. The Hall–Kier alpha value is -2.24. The number of hydrogen-bond donors (Lipinski definition) is 1. The van der Waals surface area contributed by atoms with Crippen LogP contribution in [0.5, 0.6) is 0 Å². The van der Waals surface area contributed by atoms with Gasteiger partial charge < -0.3 is 4.90 Å². The van der Waals surface area contributed by atoms with E-state index in [4.69, 9.17) is 11.6 Å². The molecule has 0 saturated carbocycles. The second-order valence-corrected chi connectivity index (χ2v) is 6.81. The molecule has 2 heterocycles. The molecule has 0 bridgehead atoms. The first-order chi connectivity index (χ1) is 11.6. The minimum absolute atomic E-state index is 0.200. The average molecular weight is 343 g/mol. The van der Waals surface area contributed by atoms with Crippen LogP contribution in [-0.4, -0.2) is 24.4 Å². The molecule has 0 unspecified atom stereocenters. The van der Waals surface area contributed by atoms with Crippen LogP contribution in [-0.2, 0) is 24.2 Å². The van der Waals surface area contributed by atoms with Gasteiger partial charge in [0.15, 0.2) is 0 Å². The maximum atomic E-state index is 12.1. The summed E-state index contributed by atoms with van der Waals surface area (Å²) in [5.41, 5.74) is 6.22. The predicted octanol–water partition coefficient (Wildman–Crippen LogP) is 1.65. The number of rotatable bonds is 2. The fourth-order valence-electron chi connectivity index (χ4n) is 3.69. The van der Waals surface area contributed by atoms with Crippen molar-refractivity contribution in [3.8, 4) is 11.1 Å². The van der Waals surface area contributed by atoms with Crippen molar-refractivity contribution in [1.82, 2.24) is 4.90 Å². The van der Waals surface area contributed by atoms with Crippen LogP contribution < -0.4 is 10.3 Å². The SMILES string of the molecule is CN1CCc2c(c(-c3ccc(Cl)cc3)cc3c2CC(=O)N3[NH+]=O)C1. The first kappa shape index (κ1) is 15.3. The smallest absolute Gasteiger partial charge is 0.292 e. The Bertz CT molecular complexity index is 848. The summed E-state index contributed by atoms with van der Waals surface area (Å²) in [4.78, 5) is 25.7. The third-order valence-electron chi connectivity index (χ3n) is 4.88. The number of benzene rings is 2. The van der Waals surface area contributed by atoms with Gasteiger partial charge in [-0.1, -0.05) is 23.7 Å². The number of nitrogens with zero attached hydrogens (tertiary/aromatic N) is 2. The fraction of sp³-hybridized carbons (Fsp3) is 0.278. The number of anilines is 1. The number of nitrogens with one attached hydrogen (secondary N) is 1. The van der Waals surface area contributed by atoms with Crippen LogP contribution in [0.3, 0.4) is 0 Å². The van der Waals surface area contributed by atoms with Crippen LogP contribution in [0.25, 0.3) is 11.1 Å². The zero-order chi connectivity index (χ0) is 16.8. The Balaban J connectivity index is 1.96. The molecule has 4 rings (SSSR count). The lowest BCUT2D eigenvalue weighted by molar-refractivity contribution is -0.483. The number of carbonyl (C=O) groups is 1. The van der Waals surface area contributed by atoms with Crippen LogP contribution in [0.2, 0.25) is 5.02 Å². The van der Waals surface area contributed by atoms with Crippen molar-refractivity contribution in [2.75, 3.05) is 18.6 Å². The molecule has 2 aliphatic heterocycles. The van der Waals surface area contributed by atoms with Crippen molar-refractivity contribution < 1.29 is 10.1 Å². The summed E-state index contributed by atoms with van der Waals surface area (Å²) in [6.07, 6.45) is 1.17. The number of carbonyl (C=O) groups excluding carboxylic acids is 1. The van der Waals surface area contributed by atoms with Crippen LogP contribution in [0.1, 0.15) is 16.7 Å². The quantitative estimate of drug-likeness (QED) is 0.903. The van der Waals surface area contributed by atoms with E-state index < -0.39 is 0 Å². The minimum Gasteiger partial charge on any atom is -0.302 e. The van der Waals surface area contributed by atoms with Gasteiger partial charge in [-0.15, -0.1) is 0 Å². The normalized spacial score (nSPS) is 16.9. The van der Waals surface area contributed by atoms with Crippen molar-refractivity contribution in [2.45, 2.75) is 19.4 Å². The highest BCUT2D eigenvalue weighted by Gasteiger charge is 2.37. The molecule has 5 nitrogen and oxygen atoms in total. The zero-order valence-electron chi connectivity index (χ0n) is 13.3. The fourth-order valence-corrected chi connectivity index (χ4v) is 3.82. The highest BCUT2D eigenvalue weighted by atomic mass is 35.5. The lowest BCUT2D eigenvalue weighted by Gasteiger charge is -2.29. The summed E-state index contributed by atoms with van der Waals surface area (Å²) in [6.45, 7) is 1.78. The lowest BCUT2D eigenvalue weighted by Crippen LogP contribution is -2.79. The second-order valence-electron chi connectivity index (χ2n) is 6.37. The third-order valence-corrected chi connectivity index (χ3v) is 5.13. The molecule has 1 amide bonds. The third kappa shape index (κ3) is 2.32. The standard InChI is InChI=1S/C18H16ClN3O2/c1-21-7-6-13-15-9-18(23)22(20-24)17(15)8-14(16(13)10-21)11-2-4-12(19)5-3-11/h2-5,8H,6-7,9-10H2,1H3/p+1. The molecule has 2 aliphatic rings. The van der Waals surface area contributed by atoms with Crippen LogP contribution >= 0.6 is 11.6 Å². The molecule has 0 radical (unpaired) electrons. The number of hydrazine groups is 1. The van der Waals surface area contributed by atoms with Gasteiger partial charge in [0.05, 0.1) is 6.42 Å². The summed E-state index contributed by atoms with van der Waals surface area (Å²) in [5, 5.41) is 3.58. The Morgan fingerprint density at radius 3 is 2.58 bits per heavy atom. The van der Waals surface area contributed by atoms with Gasteiger partial charge in [0.2, 0.25) is 0 Å². The van der Waals surface area contributed by atoms with E-state index in [2.05, 4.69) is 11.9 Å². The summed E-state index contributed by atoms with van der Waals surface area (Å²) in [7, 11) is 2.10. The number of fused-ring (bicyclic) bond motifs is 3. The molecular weight excluding hydrogens is 326 g/mol. The molecule has 0 aromatic heterocycles. The average Bonchev–Trinajstić information content (AvgIpc) is 2.90. The Morgan fingerprint density at radius 2 is 1.88 bits per heavy atom. The Morgan fingerprint density at radius 1 is 1.12 bits per heavy atom. The highest BCUT2D eigenvalue weighted by Crippen LogP contribution is 2.40. The molecule has 24 heavy (non-hydrogen) atoms. The van der Waals surface area contributed by atoms with E-state index in [1.807, 2.05) is 30.3 Å². The van der Waals surface area contributed by atoms with E-state index in [0.29, 0.717) is 10.7 Å². The number of nitroso groups, excluding NO2 is 1. The van der Waals surface area contributed by atoms with Crippen LogP contribution in [0.4, 0.5) is 5.69 Å². The predicted molar refractivity (Wildman–Crippen MR) is 92.4 cm³/mol. The summed E-state index contributed by atoms with van der Waals surface area (Å²) in [5.74, 6) is -0.200. The molecule has 0 saturated heterocycles. The maximum Gasteiger partial charge on any atom is 0.292 e. The van der Waals surface area contributed by atoms with Crippen molar-refractivity contribution in [2.24, 2.45) is 0 Å². The zero-order valence-corrected chi connectivity index (χ0v) is 14.1. The second kappa shape index (κ2) is 5.69. The van der Waals surface area contributed by atoms with E-state index in [1.54, 1.807) is 5.29 Å². The number of likely N-dealkylation sites (N-methyl/N-ethyl adjacent to an activating group) is 1. The summed E-state index contributed by atoms with van der Waals surface area (Å²) in [6, 6.07) is 9.62. The molecule has 2 aromatic rings.